The Morgan fingerprint density at radius 2 is 1.97 bits per heavy atom. The van der Waals surface area contributed by atoms with Gasteiger partial charge in [0.2, 0.25) is 5.92 Å². The number of carbonyl (C=O) groups excluding carboxylic acids is 1. The van der Waals surface area contributed by atoms with Gasteiger partial charge < -0.3 is 9.88 Å². The van der Waals surface area contributed by atoms with Crippen molar-refractivity contribution in [3.05, 3.63) is 47.5 Å². The van der Waals surface area contributed by atoms with Gasteiger partial charge >= 0.3 is 0 Å². The average molecular weight is 425 g/mol. The molecular formula is C19H18F3N3O3S. The molecule has 0 radical (unpaired) electrons. The average Bonchev–Trinajstić information content (AvgIpc) is 2.96. The van der Waals surface area contributed by atoms with Crippen molar-refractivity contribution in [2.24, 2.45) is 12.5 Å². The lowest BCUT2D eigenvalue weighted by Crippen LogP contribution is -2.47. The molecule has 0 atom stereocenters. The highest BCUT2D eigenvalue weighted by Gasteiger charge is 2.55. The van der Waals surface area contributed by atoms with Crippen molar-refractivity contribution in [1.29, 1.82) is 5.26 Å². The van der Waals surface area contributed by atoms with E-state index in [1.165, 1.54) is 36.9 Å². The number of nitriles is 1. The van der Waals surface area contributed by atoms with E-state index >= 15 is 0 Å². The Kier molecular flexibility index (Phi) is 4.99. The van der Waals surface area contributed by atoms with Crippen molar-refractivity contribution in [3.8, 4) is 6.07 Å². The van der Waals surface area contributed by atoms with Crippen molar-refractivity contribution in [2.75, 3.05) is 11.1 Å². The highest BCUT2D eigenvalue weighted by atomic mass is 32.2. The number of halogens is 3. The number of hydrogen-bond acceptors (Lipinski definition) is 4. The van der Waals surface area contributed by atoms with Crippen molar-refractivity contribution in [3.63, 3.8) is 0 Å². The van der Waals surface area contributed by atoms with Crippen LogP contribution in [0, 0.1) is 22.6 Å². The van der Waals surface area contributed by atoms with Crippen LogP contribution in [0.5, 0.6) is 0 Å². The van der Waals surface area contributed by atoms with Crippen LogP contribution in [0.2, 0.25) is 0 Å². The summed E-state index contributed by atoms with van der Waals surface area (Å²) in [5.41, 5.74) is -1.08. The predicted molar refractivity (Wildman–Crippen MR) is 98.8 cm³/mol. The molecule has 10 heteroatoms. The molecule has 1 aliphatic rings. The Balaban J connectivity index is 1.79. The number of nitrogens with one attached hydrogen (secondary N) is 1. The summed E-state index contributed by atoms with van der Waals surface area (Å²) < 4.78 is 66.3. The van der Waals surface area contributed by atoms with Crippen LogP contribution in [0.3, 0.4) is 0 Å². The fourth-order valence-corrected chi connectivity index (χ4v) is 5.55. The van der Waals surface area contributed by atoms with E-state index in [9.17, 15) is 26.4 Å². The van der Waals surface area contributed by atoms with Crippen LogP contribution in [0.1, 0.15) is 35.8 Å². The molecule has 1 fully saturated rings. The maximum Gasteiger partial charge on any atom is 0.272 e. The van der Waals surface area contributed by atoms with Crippen LogP contribution in [0.15, 0.2) is 35.4 Å². The van der Waals surface area contributed by atoms with E-state index in [0.29, 0.717) is 0 Å². The van der Waals surface area contributed by atoms with Crippen molar-refractivity contribution in [2.45, 2.75) is 30.6 Å². The van der Waals surface area contributed by atoms with E-state index in [1.54, 1.807) is 6.07 Å². The monoisotopic (exact) mass is 425 g/mol. The van der Waals surface area contributed by atoms with Gasteiger partial charge in [-0.3, -0.25) is 4.79 Å². The van der Waals surface area contributed by atoms with Crippen LogP contribution in [0.25, 0.3) is 0 Å². The zero-order valence-electron chi connectivity index (χ0n) is 15.7. The molecule has 0 spiro atoms. The van der Waals surface area contributed by atoms with E-state index in [1.807, 2.05) is 0 Å². The molecule has 1 heterocycles. The number of nitrogens with zero attached hydrogens (tertiary/aromatic N) is 2. The highest BCUT2D eigenvalue weighted by Crippen LogP contribution is 2.52. The standard InChI is InChI=1S/C19H18F3N3O3S/c1-18(9-19(21,22)10-18)11-29(27,28)14-6-16(25(2)8-14)17(26)24-13-3-4-15(20)12(5-13)7-23/h3-6,8H,9-11H2,1-2H3,(H,24,26). The Morgan fingerprint density at radius 1 is 1.31 bits per heavy atom. The van der Waals surface area contributed by atoms with Gasteiger partial charge in [0.15, 0.2) is 9.84 Å². The zero-order chi connectivity index (χ0) is 21.6. The molecule has 29 heavy (non-hydrogen) atoms. The third-order valence-electron chi connectivity index (χ3n) is 4.83. The second-order valence-corrected chi connectivity index (χ2v) is 9.70. The maximum atomic E-state index is 13.4. The van der Waals surface area contributed by atoms with Gasteiger partial charge in [-0.05, 0) is 29.7 Å². The number of carbonyl (C=O) groups is 1. The smallest absolute Gasteiger partial charge is 0.272 e. The molecule has 3 rings (SSSR count). The second-order valence-electron chi connectivity index (χ2n) is 7.71. The maximum absolute atomic E-state index is 13.4. The highest BCUT2D eigenvalue weighted by molar-refractivity contribution is 7.91. The van der Waals surface area contributed by atoms with Crippen LogP contribution in [0.4, 0.5) is 18.9 Å². The summed E-state index contributed by atoms with van der Waals surface area (Å²) >= 11 is 0. The normalized spacial score (nSPS) is 17.2. The fourth-order valence-electron chi connectivity index (χ4n) is 3.66. The minimum absolute atomic E-state index is 0.00972. The molecule has 1 aromatic heterocycles. The first-order valence-electron chi connectivity index (χ1n) is 8.62. The number of aromatic nitrogens is 1. The molecule has 0 bridgehead atoms. The first kappa shape index (κ1) is 20.9. The molecule has 1 aliphatic carbocycles. The number of aryl methyl sites for hydroxylation is 1. The van der Waals surface area contributed by atoms with Crippen LogP contribution >= 0.6 is 0 Å². The Morgan fingerprint density at radius 3 is 2.55 bits per heavy atom. The second kappa shape index (κ2) is 6.91. The predicted octanol–water partition coefficient (Wildman–Crippen LogP) is 3.50. The number of sulfone groups is 1. The van der Waals surface area contributed by atoms with E-state index in [0.717, 1.165) is 12.1 Å². The summed E-state index contributed by atoms with van der Waals surface area (Å²) in [5, 5.41) is 11.3. The molecule has 0 unspecified atom stereocenters. The molecule has 6 nitrogen and oxygen atoms in total. The third-order valence-corrected chi connectivity index (χ3v) is 6.84. The molecule has 1 amide bonds. The first-order chi connectivity index (χ1) is 13.3. The van der Waals surface area contributed by atoms with Crippen molar-refractivity contribution >= 4 is 21.4 Å². The van der Waals surface area contributed by atoms with Crippen molar-refractivity contribution < 1.29 is 26.4 Å². The molecule has 1 N–H and O–H groups in total. The summed E-state index contributed by atoms with van der Waals surface area (Å²) in [6.07, 6.45) is 0.256. The molecule has 1 saturated carbocycles. The van der Waals surface area contributed by atoms with E-state index < -0.39 is 51.5 Å². The van der Waals surface area contributed by atoms with Gasteiger partial charge in [-0.2, -0.15) is 5.26 Å². The largest absolute Gasteiger partial charge is 0.345 e. The topological polar surface area (TPSA) is 92.0 Å². The van der Waals surface area contributed by atoms with Gasteiger partial charge in [-0.15, -0.1) is 0 Å². The Labute approximate surface area is 165 Å². The molecule has 2 aromatic rings. The number of benzene rings is 1. The van der Waals surface area contributed by atoms with Gasteiger partial charge in [0.25, 0.3) is 5.91 Å². The molecular weight excluding hydrogens is 407 g/mol. The summed E-state index contributed by atoms with van der Waals surface area (Å²) in [6, 6.07) is 6.28. The molecule has 0 saturated heterocycles. The van der Waals surface area contributed by atoms with Crippen LogP contribution in [-0.2, 0) is 16.9 Å². The van der Waals surface area contributed by atoms with E-state index in [2.05, 4.69) is 5.32 Å². The van der Waals surface area contributed by atoms with Gasteiger partial charge in [0.1, 0.15) is 17.6 Å². The fraction of sp³-hybridized carbons (Fsp3) is 0.368. The Hall–Kier alpha value is -2.80. The molecule has 1 aromatic carbocycles. The van der Waals surface area contributed by atoms with Crippen molar-refractivity contribution in [1.82, 2.24) is 4.57 Å². The molecule has 154 valence electrons. The minimum Gasteiger partial charge on any atom is -0.345 e. The van der Waals surface area contributed by atoms with Gasteiger partial charge in [-0.1, -0.05) is 6.92 Å². The SMILES string of the molecule is Cn1cc(S(=O)(=O)CC2(C)CC(F)(F)C2)cc1C(=O)Nc1ccc(F)c(C#N)c1. The lowest BCUT2D eigenvalue weighted by Gasteiger charge is -2.44. The lowest BCUT2D eigenvalue weighted by molar-refractivity contribution is -0.144. The number of amides is 1. The summed E-state index contributed by atoms with van der Waals surface area (Å²) in [7, 11) is -2.41. The summed E-state index contributed by atoms with van der Waals surface area (Å²) in [5.74, 6) is -4.67. The van der Waals surface area contributed by atoms with Crippen LogP contribution < -0.4 is 5.32 Å². The zero-order valence-corrected chi connectivity index (χ0v) is 16.5. The number of rotatable bonds is 5. The lowest BCUT2D eigenvalue weighted by atomic mass is 9.69. The third kappa shape index (κ3) is 4.29. The van der Waals surface area contributed by atoms with Gasteiger partial charge in [0, 0.05) is 31.8 Å². The number of alkyl halides is 2. The summed E-state index contributed by atoms with van der Waals surface area (Å²) in [4.78, 5) is 12.4. The Bertz CT molecular complexity index is 1130. The van der Waals surface area contributed by atoms with E-state index in [4.69, 9.17) is 5.26 Å². The minimum atomic E-state index is -3.88. The van der Waals surface area contributed by atoms with Gasteiger partial charge in [-0.25, -0.2) is 21.6 Å². The first-order valence-corrected chi connectivity index (χ1v) is 10.3. The van der Waals surface area contributed by atoms with E-state index in [-0.39, 0.29) is 21.8 Å². The van der Waals surface area contributed by atoms with Crippen LogP contribution in [-0.4, -0.2) is 30.6 Å². The molecule has 0 aliphatic heterocycles. The van der Waals surface area contributed by atoms with Gasteiger partial charge in [0.05, 0.1) is 16.2 Å². The quantitative estimate of drug-likeness (QED) is 0.794. The summed E-state index contributed by atoms with van der Waals surface area (Å²) in [6.45, 7) is 1.50. The number of hydrogen-bond donors (Lipinski definition) is 1. The number of anilines is 1.